The molecule has 0 aromatic heterocycles. The van der Waals surface area contributed by atoms with Crippen molar-refractivity contribution in [3.8, 4) is 0 Å². The van der Waals surface area contributed by atoms with Crippen molar-refractivity contribution >= 4 is 5.97 Å². The van der Waals surface area contributed by atoms with Gasteiger partial charge in [-0.15, -0.1) is 0 Å². The zero-order chi connectivity index (χ0) is 10.1. The molecule has 0 saturated carbocycles. The minimum Gasteiger partial charge on any atom is -0.481 e. The van der Waals surface area contributed by atoms with Gasteiger partial charge in [0.1, 0.15) is 5.41 Å². The first-order chi connectivity index (χ1) is 5.90. The lowest BCUT2D eigenvalue weighted by atomic mass is 9.70. The second-order valence-corrected chi connectivity index (χ2v) is 4.10. The molecule has 4 nitrogen and oxygen atoms in total. The zero-order valence-corrected chi connectivity index (χ0v) is 8.04. The summed E-state index contributed by atoms with van der Waals surface area (Å²) in [6.07, 6.45) is 1.17. The molecule has 0 bridgehead atoms. The molecule has 2 N–H and O–H groups in total. The highest BCUT2D eigenvalue weighted by Gasteiger charge is 2.51. The molecule has 0 amide bonds. The van der Waals surface area contributed by atoms with E-state index < -0.39 is 17.0 Å². The molecule has 1 unspecified atom stereocenters. The lowest BCUT2D eigenvalue weighted by Gasteiger charge is -2.41. The maximum atomic E-state index is 11.1. The van der Waals surface area contributed by atoms with Crippen molar-refractivity contribution in [2.24, 2.45) is 5.41 Å². The predicted molar refractivity (Wildman–Crippen MR) is 46.4 cm³/mol. The molecule has 0 aliphatic carbocycles. The van der Waals surface area contributed by atoms with Crippen molar-refractivity contribution in [1.82, 2.24) is 0 Å². The summed E-state index contributed by atoms with van der Waals surface area (Å²) in [5, 5.41) is 18.9. The number of carbonyl (C=O) groups is 1. The smallest absolute Gasteiger partial charge is 0.314 e. The van der Waals surface area contributed by atoms with Crippen LogP contribution in [0.3, 0.4) is 0 Å². The highest BCUT2D eigenvalue weighted by molar-refractivity contribution is 5.76. The number of hydrogen-bond acceptors (Lipinski definition) is 3. The van der Waals surface area contributed by atoms with Crippen LogP contribution >= 0.6 is 0 Å². The summed E-state index contributed by atoms with van der Waals surface area (Å²) >= 11 is 0. The van der Waals surface area contributed by atoms with Crippen LogP contribution in [-0.4, -0.2) is 35.0 Å². The lowest BCUT2D eigenvalue weighted by Crippen LogP contribution is -2.54. The maximum absolute atomic E-state index is 11.1. The third-order valence-electron chi connectivity index (χ3n) is 2.82. The van der Waals surface area contributed by atoms with E-state index in [1.807, 2.05) is 0 Å². The number of rotatable bonds is 2. The Morgan fingerprint density at radius 3 is 2.38 bits per heavy atom. The number of aliphatic carboxylic acids is 1. The molecule has 0 spiro atoms. The second kappa shape index (κ2) is 3.27. The standard InChI is InChI=1S/C9H16O4/c1-8(2,12)9(7(10)11)4-3-5-13-6-9/h12H,3-6H2,1-2H3,(H,10,11). The van der Waals surface area contributed by atoms with E-state index >= 15 is 0 Å². The number of hydrogen-bond donors (Lipinski definition) is 2. The number of ether oxygens (including phenoxy) is 1. The fourth-order valence-electron chi connectivity index (χ4n) is 1.71. The average Bonchev–Trinajstić information content (AvgIpc) is 2.03. The van der Waals surface area contributed by atoms with Gasteiger partial charge in [0.2, 0.25) is 0 Å². The van der Waals surface area contributed by atoms with Gasteiger partial charge in [-0.1, -0.05) is 0 Å². The van der Waals surface area contributed by atoms with Crippen molar-refractivity contribution in [3.63, 3.8) is 0 Å². The van der Waals surface area contributed by atoms with E-state index in [9.17, 15) is 9.90 Å². The minimum atomic E-state index is -1.24. The summed E-state index contributed by atoms with van der Waals surface area (Å²) in [6.45, 7) is 3.74. The van der Waals surface area contributed by atoms with Crippen molar-refractivity contribution in [2.75, 3.05) is 13.2 Å². The van der Waals surface area contributed by atoms with E-state index in [1.165, 1.54) is 13.8 Å². The van der Waals surface area contributed by atoms with Gasteiger partial charge < -0.3 is 14.9 Å². The van der Waals surface area contributed by atoms with E-state index in [1.54, 1.807) is 0 Å². The summed E-state index contributed by atoms with van der Waals surface area (Å²) in [7, 11) is 0. The van der Waals surface area contributed by atoms with Crippen LogP contribution in [-0.2, 0) is 9.53 Å². The molecular formula is C9H16O4. The van der Waals surface area contributed by atoms with Crippen molar-refractivity contribution in [1.29, 1.82) is 0 Å². The second-order valence-electron chi connectivity index (χ2n) is 4.10. The van der Waals surface area contributed by atoms with Crippen LogP contribution in [0.4, 0.5) is 0 Å². The molecule has 4 heteroatoms. The van der Waals surface area contributed by atoms with Gasteiger partial charge in [0.05, 0.1) is 12.2 Å². The largest absolute Gasteiger partial charge is 0.481 e. The molecule has 1 aliphatic heterocycles. The molecule has 1 atom stereocenters. The van der Waals surface area contributed by atoms with Gasteiger partial charge in [0.15, 0.2) is 0 Å². The Labute approximate surface area is 77.5 Å². The summed E-state index contributed by atoms with van der Waals surface area (Å²) in [4.78, 5) is 11.1. The Bertz CT molecular complexity index is 198. The van der Waals surface area contributed by atoms with Gasteiger partial charge in [-0.25, -0.2) is 0 Å². The highest BCUT2D eigenvalue weighted by atomic mass is 16.5. The van der Waals surface area contributed by atoms with Crippen molar-refractivity contribution < 1.29 is 19.7 Å². The predicted octanol–water partition coefficient (Wildman–Crippen LogP) is 0.639. The molecule has 1 rings (SSSR count). The summed E-state index contributed by atoms with van der Waals surface area (Å²) < 4.78 is 5.13. The number of aliphatic hydroxyl groups is 1. The van der Waals surface area contributed by atoms with Crippen LogP contribution in [0.15, 0.2) is 0 Å². The van der Waals surface area contributed by atoms with E-state index in [0.717, 1.165) is 0 Å². The summed E-state index contributed by atoms with van der Waals surface area (Å²) in [5.74, 6) is -0.972. The summed E-state index contributed by atoms with van der Waals surface area (Å²) in [6, 6.07) is 0. The van der Waals surface area contributed by atoms with Gasteiger partial charge in [-0.2, -0.15) is 0 Å². The van der Waals surface area contributed by atoms with Crippen LogP contribution < -0.4 is 0 Å². The molecule has 0 aromatic rings. The van der Waals surface area contributed by atoms with Crippen molar-refractivity contribution in [3.05, 3.63) is 0 Å². The quantitative estimate of drug-likeness (QED) is 0.667. The van der Waals surface area contributed by atoms with Crippen LogP contribution in [0.5, 0.6) is 0 Å². The number of carboxylic acids is 1. The van der Waals surface area contributed by atoms with Crippen LogP contribution in [0.1, 0.15) is 26.7 Å². The Hall–Kier alpha value is -0.610. The summed E-state index contributed by atoms with van der Waals surface area (Å²) in [5.41, 5.74) is -2.37. The molecule has 1 heterocycles. The molecule has 1 saturated heterocycles. The van der Waals surface area contributed by atoms with E-state index in [0.29, 0.717) is 19.4 Å². The van der Waals surface area contributed by atoms with Crippen LogP contribution in [0, 0.1) is 5.41 Å². The molecule has 0 radical (unpaired) electrons. The van der Waals surface area contributed by atoms with E-state index in [2.05, 4.69) is 0 Å². The normalized spacial score (nSPS) is 30.1. The monoisotopic (exact) mass is 188 g/mol. The average molecular weight is 188 g/mol. The Kier molecular flexibility index (Phi) is 2.63. The van der Waals surface area contributed by atoms with Gasteiger partial charge in [-0.3, -0.25) is 4.79 Å². The lowest BCUT2D eigenvalue weighted by molar-refractivity contribution is -0.182. The van der Waals surface area contributed by atoms with E-state index in [-0.39, 0.29) is 6.61 Å². The fraction of sp³-hybridized carbons (Fsp3) is 0.889. The molecule has 76 valence electrons. The Morgan fingerprint density at radius 2 is 2.15 bits per heavy atom. The molecule has 0 aromatic carbocycles. The topological polar surface area (TPSA) is 66.8 Å². The number of carboxylic acid groups (broad SMARTS) is 1. The third kappa shape index (κ3) is 1.69. The Morgan fingerprint density at radius 1 is 1.54 bits per heavy atom. The minimum absolute atomic E-state index is 0.103. The van der Waals surface area contributed by atoms with Gasteiger partial charge in [0.25, 0.3) is 0 Å². The van der Waals surface area contributed by atoms with Crippen LogP contribution in [0.25, 0.3) is 0 Å². The van der Waals surface area contributed by atoms with Gasteiger partial charge in [-0.05, 0) is 26.7 Å². The molecule has 1 aliphatic rings. The van der Waals surface area contributed by atoms with Crippen LogP contribution in [0.2, 0.25) is 0 Å². The fourth-order valence-corrected chi connectivity index (χ4v) is 1.71. The Balaban J connectivity index is 2.93. The van der Waals surface area contributed by atoms with Gasteiger partial charge >= 0.3 is 5.97 Å². The first-order valence-electron chi connectivity index (χ1n) is 4.44. The zero-order valence-electron chi connectivity index (χ0n) is 8.04. The van der Waals surface area contributed by atoms with E-state index in [4.69, 9.17) is 9.84 Å². The maximum Gasteiger partial charge on any atom is 0.314 e. The molecular weight excluding hydrogens is 172 g/mol. The molecule has 1 fully saturated rings. The first-order valence-corrected chi connectivity index (χ1v) is 4.44. The highest BCUT2D eigenvalue weighted by Crippen LogP contribution is 2.39. The third-order valence-corrected chi connectivity index (χ3v) is 2.82. The SMILES string of the molecule is CC(C)(O)C1(C(=O)O)CCCOC1. The van der Waals surface area contributed by atoms with Crippen molar-refractivity contribution in [2.45, 2.75) is 32.3 Å². The van der Waals surface area contributed by atoms with Gasteiger partial charge in [0, 0.05) is 6.61 Å². The first kappa shape index (κ1) is 10.5. The molecule has 13 heavy (non-hydrogen) atoms.